The number of carbonyl (C=O) groups is 1. The Kier molecular flexibility index (Phi) is 3.96. The summed E-state index contributed by atoms with van der Waals surface area (Å²) in [5.74, 6) is 0.470. The smallest absolute Gasteiger partial charge is 0.275 e. The summed E-state index contributed by atoms with van der Waals surface area (Å²) in [5, 5.41) is 3.09. The number of amides is 1. The van der Waals surface area contributed by atoms with E-state index in [0.29, 0.717) is 5.69 Å². The first-order valence-corrected chi connectivity index (χ1v) is 7.11. The van der Waals surface area contributed by atoms with Gasteiger partial charge in [-0.1, -0.05) is 11.6 Å². The van der Waals surface area contributed by atoms with E-state index in [1.54, 1.807) is 12.3 Å². The summed E-state index contributed by atoms with van der Waals surface area (Å²) in [6.45, 7) is 1.92. The van der Waals surface area contributed by atoms with Crippen LogP contribution in [0.1, 0.15) is 23.3 Å². The van der Waals surface area contributed by atoms with Crippen molar-refractivity contribution >= 4 is 29.0 Å². The molecule has 3 rings (SSSR count). The molecule has 0 atom stereocenters. The predicted octanol–water partition coefficient (Wildman–Crippen LogP) is 2.38. The summed E-state index contributed by atoms with van der Waals surface area (Å²) in [7, 11) is 0. The lowest BCUT2D eigenvalue weighted by Crippen LogP contribution is -2.22. The van der Waals surface area contributed by atoms with Crippen LogP contribution < -0.4 is 10.2 Å². The van der Waals surface area contributed by atoms with Crippen molar-refractivity contribution in [2.45, 2.75) is 12.8 Å². The Morgan fingerprint density at radius 2 is 2.00 bits per heavy atom. The van der Waals surface area contributed by atoms with E-state index in [1.807, 2.05) is 6.07 Å². The molecule has 1 aliphatic heterocycles. The average Bonchev–Trinajstić information content (AvgIpc) is 3.02. The molecule has 0 bridgehead atoms. The molecule has 1 amide bonds. The average molecular weight is 304 g/mol. The van der Waals surface area contributed by atoms with Gasteiger partial charge in [-0.2, -0.15) is 0 Å². The van der Waals surface area contributed by atoms with Gasteiger partial charge in [0.05, 0.1) is 18.1 Å². The number of aromatic nitrogens is 3. The maximum atomic E-state index is 12.2. The molecule has 2 aromatic heterocycles. The van der Waals surface area contributed by atoms with Gasteiger partial charge in [-0.25, -0.2) is 15.0 Å². The highest BCUT2D eigenvalue weighted by molar-refractivity contribution is 6.29. The van der Waals surface area contributed by atoms with Crippen LogP contribution in [0.4, 0.5) is 11.5 Å². The van der Waals surface area contributed by atoms with Gasteiger partial charge in [-0.3, -0.25) is 4.79 Å². The summed E-state index contributed by atoms with van der Waals surface area (Å²) in [6.07, 6.45) is 6.72. The van der Waals surface area contributed by atoms with Gasteiger partial charge in [0.25, 0.3) is 5.91 Å². The van der Waals surface area contributed by atoms with E-state index in [2.05, 4.69) is 25.2 Å². The van der Waals surface area contributed by atoms with Crippen LogP contribution in [0.25, 0.3) is 0 Å². The molecular weight excluding hydrogens is 290 g/mol. The Labute approximate surface area is 127 Å². The molecule has 1 aliphatic rings. The summed E-state index contributed by atoms with van der Waals surface area (Å²) < 4.78 is 0. The zero-order valence-electron chi connectivity index (χ0n) is 11.3. The van der Waals surface area contributed by atoms with Crippen molar-refractivity contribution in [3.05, 3.63) is 41.6 Å². The molecule has 6 nitrogen and oxygen atoms in total. The molecule has 0 unspecified atom stereocenters. The van der Waals surface area contributed by atoms with Gasteiger partial charge in [-0.05, 0) is 25.0 Å². The Balaban J connectivity index is 1.81. The molecular formula is C14H14ClN5O. The SMILES string of the molecule is O=C(Nc1cccnc1N1CCCC1)c1cnc(Cl)cn1. The fourth-order valence-corrected chi connectivity index (χ4v) is 2.39. The summed E-state index contributed by atoms with van der Waals surface area (Å²) in [5.41, 5.74) is 0.900. The maximum absolute atomic E-state index is 12.2. The molecule has 1 saturated heterocycles. The molecule has 21 heavy (non-hydrogen) atoms. The minimum Gasteiger partial charge on any atom is -0.355 e. The van der Waals surface area contributed by atoms with Crippen LogP contribution in [0.15, 0.2) is 30.7 Å². The third-order valence-corrected chi connectivity index (χ3v) is 3.49. The molecule has 3 heterocycles. The van der Waals surface area contributed by atoms with Crippen LogP contribution in [-0.2, 0) is 0 Å². The van der Waals surface area contributed by atoms with Crippen molar-refractivity contribution < 1.29 is 4.79 Å². The maximum Gasteiger partial charge on any atom is 0.275 e. The van der Waals surface area contributed by atoms with Gasteiger partial charge in [0.15, 0.2) is 5.82 Å². The molecule has 0 saturated carbocycles. The Bertz CT molecular complexity index is 640. The molecule has 1 N–H and O–H groups in total. The predicted molar refractivity (Wildman–Crippen MR) is 80.7 cm³/mol. The second-order valence-electron chi connectivity index (χ2n) is 4.75. The van der Waals surface area contributed by atoms with Gasteiger partial charge in [-0.15, -0.1) is 0 Å². The fraction of sp³-hybridized carbons (Fsp3) is 0.286. The van der Waals surface area contributed by atoms with E-state index < -0.39 is 0 Å². The normalized spacial score (nSPS) is 14.2. The number of anilines is 2. The molecule has 0 radical (unpaired) electrons. The van der Waals surface area contributed by atoms with E-state index in [4.69, 9.17) is 11.6 Å². The number of hydrogen-bond donors (Lipinski definition) is 1. The first kappa shape index (κ1) is 13.8. The topological polar surface area (TPSA) is 71.0 Å². The summed E-state index contributed by atoms with van der Waals surface area (Å²) in [6, 6.07) is 3.63. The zero-order valence-corrected chi connectivity index (χ0v) is 12.0. The standard InChI is InChI=1S/C14H14ClN5O/c15-12-9-17-11(8-18-12)14(21)19-10-4-3-5-16-13(10)20-6-1-2-7-20/h3-5,8-9H,1-2,6-7H2,(H,19,21). The Hall–Kier alpha value is -2.21. The monoisotopic (exact) mass is 303 g/mol. The van der Waals surface area contributed by atoms with Crippen LogP contribution in [-0.4, -0.2) is 33.9 Å². The third kappa shape index (κ3) is 3.11. The zero-order chi connectivity index (χ0) is 14.7. The number of nitrogens with one attached hydrogen (secondary N) is 1. The van der Waals surface area contributed by atoms with Crippen LogP contribution in [0, 0.1) is 0 Å². The largest absolute Gasteiger partial charge is 0.355 e. The first-order valence-electron chi connectivity index (χ1n) is 6.73. The van der Waals surface area contributed by atoms with Crippen LogP contribution in [0.2, 0.25) is 5.15 Å². The van der Waals surface area contributed by atoms with Gasteiger partial charge < -0.3 is 10.2 Å². The highest BCUT2D eigenvalue weighted by Gasteiger charge is 2.18. The van der Waals surface area contributed by atoms with E-state index in [1.165, 1.54) is 12.4 Å². The van der Waals surface area contributed by atoms with Crippen LogP contribution >= 0.6 is 11.6 Å². The van der Waals surface area contributed by atoms with Crippen molar-refractivity contribution in [2.24, 2.45) is 0 Å². The van der Waals surface area contributed by atoms with Gasteiger partial charge in [0.1, 0.15) is 10.8 Å². The van der Waals surface area contributed by atoms with Gasteiger partial charge in [0, 0.05) is 19.3 Å². The lowest BCUT2D eigenvalue weighted by atomic mass is 10.3. The van der Waals surface area contributed by atoms with Crippen molar-refractivity contribution in [1.29, 1.82) is 0 Å². The second kappa shape index (κ2) is 6.05. The Morgan fingerprint density at radius 3 is 2.71 bits per heavy atom. The number of hydrogen-bond acceptors (Lipinski definition) is 5. The lowest BCUT2D eigenvalue weighted by molar-refractivity contribution is 0.102. The summed E-state index contributed by atoms with van der Waals surface area (Å²) >= 11 is 5.67. The highest BCUT2D eigenvalue weighted by atomic mass is 35.5. The van der Waals surface area contributed by atoms with Crippen molar-refractivity contribution in [1.82, 2.24) is 15.0 Å². The minimum absolute atomic E-state index is 0.218. The fourth-order valence-electron chi connectivity index (χ4n) is 2.29. The number of halogens is 1. The molecule has 7 heteroatoms. The van der Waals surface area contributed by atoms with Gasteiger partial charge >= 0.3 is 0 Å². The lowest BCUT2D eigenvalue weighted by Gasteiger charge is -2.19. The van der Waals surface area contributed by atoms with Gasteiger partial charge in [0.2, 0.25) is 0 Å². The molecule has 1 fully saturated rings. The molecule has 0 aliphatic carbocycles. The van der Waals surface area contributed by atoms with E-state index in [-0.39, 0.29) is 16.8 Å². The van der Waals surface area contributed by atoms with Crippen LogP contribution in [0.5, 0.6) is 0 Å². The number of pyridine rings is 1. The van der Waals surface area contributed by atoms with E-state index in [9.17, 15) is 4.79 Å². The number of rotatable bonds is 3. The molecule has 2 aromatic rings. The number of carbonyl (C=O) groups excluding carboxylic acids is 1. The quantitative estimate of drug-likeness (QED) is 0.942. The van der Waals surface area contributed by atoms with E-state index >= 15 is 0 Å². The first-order chi connectivity index (χ1) is 10.2. The second-order valence-corrected chi connectivity index (χ2v) is 5.13. The van der Waals surface area contributed by atoms with Crippen molar-refractivity contribution in [3.8, 4) is 0 Å². The third-order valence-electron chi connectivity index (χ3n) is 3.29. The highest BCUT2D eigenvalue weighted by Crippen LogP contribution is 2.26. The number of nitrogens with zero attached hydrogens (tertiary/aromatic N) is 4. The molecule has 0 aromatic carbocycles. The van der Waals surface area contributed by atoms with E-state index in [0.717, 1.165) is 31.7 Å². The summed E-state index contributed by atoms with van der Waals surface area (Å²) in [4.78, 5) is 26.6. The minimum atomic E-state index is -0.326. The van der Waals surface area contributed by atoms with Crippen molar-refractivity contribution in [3.63, 3.8) is 0 Å². The van der Waals surface area contributed by atoms with Crippen LogP contribution in [0.3, 0.4) is 0 Å². The van der Waals surface area contributed by atoms with Crippen molar-refractivity contribution in [2.75, 3.05) is 23.3 Å². The molecule has 108 valence electrons. The Morgan fingerprint density at radius 1 is 1.19 bits per heavy atom. The molecule has 0 spiro atoms.